The summed E-state index contributed by atoms with van der Waals surface area (Å²) < 4.78 is 17.4. The largest absolute Gasteiger partial charge is 0.490 e. The van der Waals surface area contributed by atoms with Gasteiger partial charge < -0.3 is 18.8 Å². The van der Waals surface area contributed by atoms with E-state index in [1.54, 1.807) is 0 Å². The van der Waals surface area contributed by atoms with Crippen LogP contribution < -0.4 is 4.74 Å². The maximum absolute atomic E-state index is 12.9. The lowest BCUT2D eigenvalue weighted by Gasteiger charge is -2.31. The van der Waals surface area contributed by atoms with Crippen molar-refractivity contribution in [3.8, 4) is 5.75 Å². The van der Waals surface area contributed by atoms with Crippen LogP contribution in [0.3, 0.4) is 0 Å². The van der Waals surface area contributed by atoms with Crippen molar-refractivity contribution in [3.05, 3.63) is 65.9 Å². The van der Waals surface area contributed by atoms with Crippen LogP contribution in [0.2, 0.25) is 0 Å². The summed E-state index contributed by atoms with van der Waals surface area (Å²) in [4.78, 5) is 14.8. The molecule has 1 aliphatic heterocycles. The number of ether oxygens (including phenoxy) is 2. The molecule has 0 aliphatic carbocycles. The van der Waals surface area contributed by atoms with Crippen LogP contribution in [0, 0.1) is 5.92 Å². The third kappa shape index (κ3) is 4.62. The Kier molecular flexibility index (Phi) is 6.15. The van der Waals surface area contributed by atoms with Crippen LogP contribution in [-0.4, -0.2) is 37.1 Å². The Morgan fingerprint density at radius 3 is 2.66 bits per heavy atom. The number of nitrogens with zero attached hydrogens (tertiary/aromatic N) is 1. The number of carbonyl (C=O) groups is 1. The third-order valence-electron chi connectivity index (χ3n) is 5.39. The van der Waals surface area contributed by atoms with E-state index in [9.17, 15) is 4.79 Å². The fourth-order valence-corrected chi connectivity index (χ4v) is 3.79. The van der Waals surface area contributed by atoms with E-state index in [1.165, 1.54) is 5.56 Å². The summed E-state index contributed by atoms with van der Waals surface area (Å²) in [6.07, 6.45) is 1.90. The Bertz CT molecular complexity index is 942. The average molecular weight is 393 g/mol. The Morgan fingerprint density at radius 2 is 1.90 bits per heavy atom. The molecule has 3 aromatic rings. The van der Waals surface area contributed by atoms with Crippen molar-refractivity contribution in [3.63, 3.8) is 0 Å². The second-order valence-corrected chi connectivity index (χ2v) is 7.45. The fourth-order valence-electron chi connectivity index (χ4n) is 3.79. The highest BCUT2D eigenvalue weighted by atomic mass is 16.5. The molecule has 5 heteroatoms. The number of fused-ring (bicyclic) bond motifs is 1. The second kappa shape index (κ2) is 9.14. The van der Waals surface area contributed by atoms with Crippen molar-refractivity contribution in [2.75, 3.05) is 26.3 Å². The first kappa shape index (κ1) is 19.5. The third-order valence-corrected chi connectivity index (χ3v) is 5.39. The van der Waals surface area contributed by atoms with E-state index in [1.807, 2.05) is 54.3 Å². The minimum absolute atomic E-state index is 0.0488. The Labute approximate surface area is 171 Å². The Morgan fingerprint density at radius 1 is 1.10 bits per heavy atom. The molecule has 1 fully saturated rings. The zero-order valence-corrected chi connectivity index (χ0v) is 16.8. The van der Waals surface area contributed by atoms with Gasteiger partial charge in [-0.3, -0.25) is 4.79 Å². The predicted molar refractivity (Wildman–Crippen MR) is 112 cm³/mol. The van der Waals surface area contributed by atoms with Crippen LogP contribution in [0.1, 0.15) is 35.9 Å². The van der Waals surface area contributed by atoms with Crippen molar-refractivity contribution in [1.29, 1.82) is 0 Å². The lowest BCUT2D eigenvalue weighted by Crippen LogP contribution is -2.39. The van der Waals surface area contributed by atoms with E-state index in [0.29, 0.717) is 36.2 Å². The number of furan rings is 1. The predicted octanol–water partition coefficient (Wildman–Crippen LogP) is 4.90. The minimum Gasteiger partial charge on any atom is -0.490 e. The molecule has 0 saturated carbocycles. The van der Waals surface area contributed by atoms with Crippen molar-refractivity contribution in [2.24, 2.45) is 5.92 Å². The van der Waals surface area contributed by atoms with Gasteiger partial charge in [0.25, 0.3) is 5.91 Å². The molecule has 1 saturated heterocycles. The maximum Gasteiger partial charge on any atom is 0.289 e. The molecule has 2 aromatic carbocycles. The van der Waals surface area contributed by atoms with Crippen LogP contribution >= 0.6 is 0 Å². The number of para-hydroxylation sites is 1. The van der Waals surface area contributed by atoms with E-state index in [4.69, 9.17) is 13.9 Å². The number of rotatable bonds is 7. The zero-order valence-electron chi connectivity index (χ0n) is 16.8. The van der Waals surface area contributed by atoms with Gasteiger partial charge in [-0.1, -0.05) is 42.5 Å². The molecule has 5 nitrogen and oxygen atoms in total. The fraction of sp³-hybridized carbons (Fsp3) is 0.375. The van der Waals surface area contributed by atoms with Crippen molar-refractivity contribution in [2.45, 2.75) is 26.4 Å². The molecule has 4 rings (SSSR count). The van der Waals surface area contributed by atoms with E-state index >= 15 is 0 Å². The minimum atomic E-state index is -0.0488. The highest BCUT2D eigenvalue weighted by Gasteiger charge is 2.26. The summed E-state index contributed by atoms with van der Waals surface area (Å²) in [6.45, 7) is 5.33. The molecule has 0 N–H and O–H groups in total. The summed E-state index contributed by atoms with van der Waals surface area (Å²) in [5.74, 6) is 1.50. The molecule has 0 spiro atoms. The monoisotopic (exact) mass is 393 g/mol. The van der Waals surface area contributed by atoms with Crippen LogP contribution in [0.15, 0.2) is 59.0 Å². The number of piperidine rings is 1. The van der Waals surface area contributed by atoms with Gasteiger partial charge in [-0.15, -0.1) is 0 Å². The summed E-state index contributed by atoms with van der Waals surface area (Å²) in [7, 11) is 0. The molecule has 0 bridgehead atoms. The van der Waals surface area contributed by atoms with Crippen molar-refractivity contribution >= 4 is 16.9 Å². The topological polar surface area (TPSA) is 51.9 Å². The van der Waals surface area contributed by atoms with Gasteiger partial charge in [0.05, 0.1) is 13.2 Å². The summed E-state index contributed by atoms with van der Waals surface area (Å²) in [6, 6.07) is 17.7. The number of amides is 1. The molecule has 0 radical (unpaired) electrons. The highest BCUT2D eigenvalue weighted by molar-refractivity contribution is 5.97. The molecule has 1 aliphatic rings. The first-order valence-corrected chi connectivity index (χ1v) is 10.3. The number of carbonyl (C=O) groups excluding carboxylic acids is 1. The Balaban J connectivity index is 1.31. The zero-order chi connectivity index (χ0) is 20.1. The van der Waals surface area contributed by atoms with Gasteiger partial charge in [-0.25, -0.2) is 0 Å². The average Bonchev–Trinajstić information content (AvgIpc) is 3.20. The van der Waals surface area contributed by atoms with Crippen molar-refractivity contribution < 1.29 is 18.7 Å². The maximum atomic E-state index is 12.9. The van der Waals surface area contributed by atoms with Gasteiger partial charge in [-0.05, 0) is 43.4 Å². The number of likely N-dealkylation sites (tertiary alicyclic amines) is 1. The molecule has 0 atom stereocenters. The first-order valence-electron chi connectivity index (χ1n) is 10.3. The molecule has 152 valence electrons. The quantitative estimate of drug-likeness (QED) is 0.573. The summed E-state index contributed by atoms with van der Waals surface area (Å²) in [5, 5.41) is 0.892. The van der Waals surface area contributed by atoms with Crippen molar-refractivity contribution in [1.82, 2.24) is 4.90 Å². The lowest BCUT2D eigenvalue weighted by atomic mass is 9.97. The number of benzene rings is 2. The van der Waals surface area contributed by atoms with Gasteiger partial charge >= 0.3 is 0 Å². The molecular formula is C24H27NO4. The van der Waals surface area contributed by atoms with Gasteiger partial charge in [0.1, 0.15) is 0 Å². The van der Waals surface area contributed by atoms with Gasteiger partial charge in [0, 0.05) is 25.1 Å². The summed E-state index contributed by atoms with van der Waals surface area (Å²) in [5.41, 5.74) is 1.83. The van der Waals surface area contributed by atoms with E-state index in [2.05, 4.69) is 12.1 Å². The van der Waals surface area contributed by atoms with Crippen LogP contribution in [0.25, 0.3) is 11.0 Å². The highest BCUT2D eigenvalue weighted by Crippen LogP contribution is 2.30. The number of hydrogen-bond acceptors (Lipinski definition) is 4. The van der Waals surface area contributed by atoms with Crippen LogP contribution in [-0.2, 0) is 11.3 Å². The first-order chi connectivity index (χ1) is 14.2. The smallest absolute Gasteiger partial charge is 0.289 e. The standard InChI is InChI=1S/C24H27NO4/c1-2-28-21-10-6-9-20-15-22(29-23(20)21)24(26)25-13-11-19(12-14-25)17-27-16-18-7-4-3-5-8-18/h3-10,15,19H,2,11-14,16-17H2,1H3. The van der Waals surface area contributed by atoms with E-state index in [0.717, 1.165) is 37.9 Å². The van der Waals surface area contributed by atoms with E-state index < -0.39 is 0 Å². The molecule has 0 unspecified atom stereocenters. The molecule has 2 heterocycles. The normalized spacial score (nSPS) is 15.0. The SMILES string of the molecule is CCOc1cccc2cc(C(=O)N3CCC(COCc4ccccc4)CC3)oc12. The molecule has 1 amide bonds. The Hall–Kier alpha value is -2.79. The van der Waals surface area contributed by atoms with Crippen LogP contribution in [0.5, 0.6) is 5.75 Å². The lowest BCUT2D eigenvalue weighted by molar-refractivity contribution is 0.0462. The number of hydrogen-bond donors (Lipinski definition) is 0. The van der Waals surface area contributed by atoms with Gasteiger partial charge in [0.2, 0.25) is 0 Å². The van der Waals surface area contributed by atoms with Crippen LogP contribution in [0.4, 0.5) is 0 Å². The van der Waals surface area contributed by atoms with Gasteiger partial charge in [0.15, 0.2) is 17.1 Å². The summed E-state index contributed by atoms with van der Waals surface area (Å²) >= 11 is 0. The molecule has 29 heavy (non-hydrogen) atoms. The molecule has 1 aromatic heterocycles. The molecular weight excluding hydrogens is 366 g/mol. The van der Waals surface area contributed by atoms with E-state index in [-0.39, 0.29) is 5.91 Å². The van der Waals surface area contributed by atoms with Gasteiger partial charge in [-0.2, -0.15) is 0 Å². The second-order valence-electron chi connectivity index (χ2n) is 7.45.